The number of aryl methyl sites for hydroxylation is 1. The molecular weight excluding hydrogens is 176 g/mol. The van der Waals surface area contributed by atoms with Crippen LogP contribution in [0.1, 0.15) is 11.1 Å². The van der Waals surface area contributed by atoms with Crippen LogP contribution < -0.4 is 9.47 Å². The number of hydrogen-bond acceptors (Lipinski definition) is 2. The van der Waals surface area contributed by atoms with Gasteiger partial charge in [0, 0.05) is 0 Å². The molecule has 1 aromatic rings. The first kappa shape index (κ1) is 10.4. The molecule has 1 rings (SSSR count). The number of ether oxygens (including phenoxy) is 2. The van der Waals surface area contributed by atoms with Crippen molar-refractivity contribution in [1.82, 2.24) is 0 Å². The third-order valence-electron chi connectivity index (χ3n) is 2.05. The van der Waals surface area contributed by atoms with Crippen molar-refractivity contribution in [2.24, 2.45) is 0 Å². The van der Waals surface area contributed by atoms with Gasteiger partial charge in [0.25, 0.3) is 0 Å². The molecule has 74 valence electrons. The summed E-state index contributed by atoms with van der Waals surface area (Å²) in [5.74, 6) is 1.35. The van der Waals surface area contributed by atoms with Crippen LogP contribution in [0, 0.1) is 13.8 Å². The Kier molecular flexibility index (Phi) is 3.35. The molecule has 0 radical (unpaired) electrons. The van der Waals surface area contributed by atoms with Crippen molar-refractivity contribution < 1.29 is 9.47 Å². The molecule has 0 fully saturated rings. The molecule has 2 nitrogen and oxygen atoms in total. The van der Waals surface area contributed by atoms with Crippen LogP contribution in [0.3, 0.4) is 0 Å². The van der Waals surface area contributed by atoms with Crippen LogP contribution in [-0.4, -0.2) is 0 Å². The van der Waals surface area contributed by atoms with E-state index in [1.807, 2.05) is 26.0 Å². The van der Waals surface area contributed by atoms with Crippen molar-refractivity contribution in [2.45, 2.75) is 13.8 Å². The zero-order valence-corrected chi connectivity index (χ0v) is 8.54. The largest absolute Gasteiger partial charge is 0.462 e. The minimum absolute atomic E-state index is 0.656. The topological polar surface area (TPSA) is 18.5 Å². The van der Waals surface area contributed by atoms with Crippen LogP contribution in [0.25, 0.3) is 0 Å². The normalized spacial score (nSPS) is 9.29. The van der Waals surface area contributed by atoms with Crippen molar-refractivity contribution in [1.29, 1.82) is 0 Å². The van der Waals surface area contributed by atoms with E-state index in [0.29, 0.717) is 11.5 Å². The number of benzene rings is 1. The first-order valence-electron chi connectivity index (χ1n) is 4.36. The third kappa shape index (κ3) is 1.96. The van der Waals surface area contributed by atoms with Crippen LogP contribution in [0.15, 0.2) is 37.8 Å². The van der Waals surface area contributed by atoms with Crippen LogP contribution in [0.2, 0.25) is 0 Å². The summed E-state index contributed by atoms with van der Waals surface area (Å²) < 4.78 is 10.5. The molecule has 0 aliphatic carbocycles. The van der Waals surface area contributed by atoms with Crippen molar-refractivity contribution in [3.05, 3.63) is 48.9 Å². The van der Waals surface area contributed by atoms with Gasteiger partial charge in [0.15, 0.2) is 11.5 Å². The zero-order valence-electron chi connectivity index (χ0n) is 8.54. The molecule has 0 spiro atoms. The molecule has 0 unspecified atom stereocenters. The van der Waals surface area contributed by atoms with Crippen LogP contribution in [0.5, 0.6) is 11.5 Å². The molecule has 14 heavy (non-hydrogen) atoms. The molecule has 0 saturated heterocycles. The number of rotatable bonds is 4. The molecule has 0 heterocycles. The van der Waals surface area contributed by atoms with Crippen molar-refractivity contribution in [3.8, 4) is 11.5 Å². The van der Waals surface area contributed by atoms with Crippen molar-refractivity contribution >= 4 is 0 Å². The standard InChI is InChI=1S/C12H14O2/c1-5-13-11-8-7-9(3)10(4)12(11)14-6-2/h5-8H,1-2H2,3-4H3. The molecule has 0 aromatic heterocycles. The minimum atomic E-state index is 0.656. The van der Waals surface area contributed by atoms with Gasteiger partial charge >= 0.3 is 0 Å². The molecular formula is C12H14O2. The van der Waals surface area contributed by atoms with Gasteiger partial charge in [0.2, 0.25) is 0 Å². The quantitative estimate of drug-likeness (QED) is 0.678. The maximum absolute atomic E-state index is 5.29. The molecule has 2 heteroatoms. The molecule has 0 saturated carbocycles. The average Bonchev–Trinajstić information content (AvgIpc) is 2.18. The van der Waals surface area contributed by atoms with E-state index in [2.05, 4.69) is 13.2 Å². The summed E-state index contributed by atoms with van der Waals surface area (Å²) in [4.78, 5) is 0. The van der Waals surface area contributed by atoms with Gasteiger partial charge in [-0.15, -0.1) is 0 Å². The van der Waals surface area contributed by atoms with E-state index < -0.39 is 0 Å². The van der Waals surface area contributed by atoms with Gasteiger partial charge in [-0.2, -0.15) is 0 Å². The highest BCUT2D eigenvalue weighted by molar-refractivity contribution is 5.50. The Morgan fingerprint density at radius 1 is 1.07 bits per heavy atom. The second kappa shape index (κ2) is 4.51. The average molecular weight is 190 g/mol. The van der Waals surface area contributed by atoms with Gasteiger partial charge in [0.05, 0.1) is 12.5 Å². The lowest BCUT2D eigenvalue weighted by Gasteiger charge is -2.11. The lowest BCUT2D eigenvalue weighted by molar-refractivity contribution is 0.416. The Labute approximate surface area is 84.5 Å². The van der Waals surface area contributed by atoms with E-state index in [0.717, 1.165) is 11.1 Å². The van der Waals surface area contributed by atoms with E-state index in [-0.39, 0.29) is 0 Å². The van der Waals surface area contributed by atoms with E-state index in [1.165, 1.54) is 12.5 Å². The Balaban J connectivity index is 3.21. The molecule has 0 atom stereocenters. The van der Waals surface area contributed by atoms with E-state index in [1.54, 1.807) is 0 Å². The minimum Gasteiger partial charge on any atom is -0.462 e. The lowest BCUT2D eigenvalue weighted by atomic mass is 10.1. The first-order chi connectivity index (χ1) is 6.70. The fraction of sp³-hybridized carbons (Fsp3) is 0.167. The van der Waals surface area contributed by atoms with Gasteiger partial charge < -0.3 is 9.47 Å². The van der Waals surface area contributed by atoms with E-state index >= 15 is 0 Å². The third-order valence-corrected chi connectivity index (χ3v) is 2.05. The van der Waals surface area contributed by atoms with Crippen molar-refractivity contribution in [2.75, 3.05) is 0 Å². The smallest absolute Gasteiger partial charge is 0.172 e. The molecule has 1 aromatic carbocycles. The van der Waals surface area contributed by atoms with Gasteiger partial charge in [-0.3, -0.25) is 0 Å². The maximum atomic E-state index is 5.29. The SMILES string of the molecule is C=COc1ccc(C)c(C)c1OC=C. The predicted molar refractivity (Wildman–Crippen MR) is 57.6 cm³/mol. The highest BCUT2D eigenvalue weighted by Crippen LogP contribution is 2.33. The lowest BCUT2D eigenvalue weighted by Crippen LogP contribution is -1.93. The molecule has 0 aliphatic heterocycles. The Morgan fingerprint density at radius 3 is 2.29 bits per heavy atom. The zero-order chi connectivity index (χ0) is 10.6. The fourth-order valence-corrected chi connectivity index (χ4v) is 1.18. The molecule has 0 aliphatic rings. The van der Waals surface area contributed by atoms with Gasteiger partial charge in [-0.25, -0.2) is 0 Å². The van der Waals surface area contributed by atoms with Gasteiger partial charge in [-0.1, -0.05) is 19.2 Å². The Bertz CT molecular complexity index is 354. The van der Waals surface area contributed by atoms with Crippen LogP contribution in [-0.2, 0) is 0 Å². The van der Waals surface area contributed by atoms with E-state index in [4.69, 9.17) is 9.47 Å². The summed E-state index contributed by atoms with van der Waals surface area (Å²) in [7, 11) is 0. The van der Waals surface area contributed by atoms with Crippen molar-refractivity contribution in [3.63, 3.8) is 0 Å². The van der Waals surface area contributed by atoms with E-state index in [9.17, 15) is 0 Å². The monoisotopic (exact) mass is 190 g/mol. The second-order valence-electron chi connectivity index (χ2n) is 2.90. The predicted octanol–water partition coefficient (Wildman–Crippen LogP) is 3.35. The van der Waals surface area contributed by atoms with Gasteiger partial charge in [-0.05, 0) is 31.0 Å². The maximum Gasteiger partial charge on any atom is 0.172 e. The molecule has 0 N–H and O–H groups in total. The summed E-state index contributed by atoms with van der Waals surface area (Å²) in [5.41, 5.74) is 2.20. The second-order valence-corrected chi connectivity index (χ2v) is 2.90. The first-order valence-corrected chi connectivity index (χ1v) is 4.36. The Hall–Kier alpha value is -1.70. The molecule has 0 amide bonds. The summed E-state index contributed by atoms with van der Waals surface area (Å²) in [6.07, 6.45) is 2.76. The molecule has 0 bridgehead atoms. The number of hydrogen-bond donors (Lipinski definition) is 0. The van der Waals surface area contributed by atoms with Crippen LogP contribution >= 0.6 is 0 Å². The summed E-state index contributed by atoms with van der Waals surface area (Å²) in [6, 6.07) is 3.83. The highest BCUT2D eigenvalue weighted by atomic mass is 16.5. The highest BCUT2D eigenvalue weighted by Gasteiger charge is 2.08. The fourth-order valence-electron chi connectivity index (χ4n) is 1.18. The van der Waals surface area contributed by atoms with Crippen LogP contribution in [0.4, 0.5) is 0 Å². The Morgan fingerprint density at radius 2 is 1.71 bits per heavy atom. The summed E-state index contributed by atoms with van der Waals surface area (Å²) >= 11 is 0. The summed E-state index contributed by atoms with van der Waals surface area (Å²) in [5, 5.41) is 0. The summed E-state index contributed by atoms with van der Waals surface area (Å²) in [6.45, 7) is 11.0. The van der Waals surface area contributed by atoms with Gasteiger partial charge in [0.1, 0.15) is 0 Å².